The molecular formula is C11H18N2O6. The van der Waals surface area contributed by atoms with Crippen molar-refractivity contribution < 1.29 is 29.7 Å². The number of hydrogen-bond acceptors (Lipinski definition) is 4. The van der Waals surface area contributed by atoms with Crippen LogP contribution >= 0.6 is 0 Å². The van der Waals surface area contributed by atoms with Crippen LogP contribution in [0.5, 0.6) is 0 Å². The quantitative estimate of drug-likeness (QED) is 0.515. The number of aliphatic carboxylic acids is 2. The first kappa shape index (κ1) is 15.2. The highest BCUT2D eigenvalue weighted by atomic mass is 16.4. The Bertz CT molecular complexity index is 359. The van der Waals surface area contributed by atoms with Gasteiger partial charge in [-0.1, -0.05) is 0 Å². The van der Waals surface area contributed by atoms with Gasteiger partial charge in [-0.15, -0.1) is 0 Å². The van der Waals surface area contributed by atoms with Crippen LogP contribution < -0.4 is 5.32 Å². The van der Waals surface area contributed by atoms with Gasteiger partial charge in [-0.25, -0.2) is 9.59 Å². The summed E-state index contributed by atoms with van der Waals surface area (Å²) in [6.45, 7) is 0.294. The molecule has 0 bridgehead atoms. The van der Waals surface area contributed by atoms with Crippen LogP contribution in [0.1, 0.15) is 25.7 Å². The van der Waals surface area contributed by atoms with Crippen LogP contribution in [0.4, 0.5) is 4.79 Å². The average molecular weight is 274 g/mol. The predicted molar refractivity (Wildman–Crippen MR) is 63.6 cm³/mol. The fourth-order valence-corrected chi connectivity index (χ4v) is 2.05. The molecule has 108 valence electrons. The van der Waals surface area contributed by atoms with E-state index < -0.39 is 24.0 Å². The van der Waals surface area contributed by atoms with E-state index in [-0.39, 0.29) is 25.5 Å². The summed E-state index contributed by atoms with van der Waals surface area (Å²) in [7, 11) is 0. The van der Waals surface area contributed by atoms with Gasteiger partial charge in [0.1, 0.15) is 6.04 Å². The molecule has 2 atom stereocenters. The molecule has 0 aromatic heterocycles. The van der Waals surface area contributed by atoms with Crippen molar-refractivity contribution in [3.63, 3.8) is 0 Å². The van der Waals surface area contributed by atoms with Gasteiger partial charge in [-0.05, 0) is 19.3 Å². The summed E-state index contributed by atoms with van der Waals surface area (Å²) in [5, 5.41) is 28.8. The Labute approximate surface area is 110 Å². The molecule has 2 amide bonds. The minimum absolute atomic E-state index is 0.166. The standard InChI is InChI=1S/C11H18N2O6/c14-6-7-2-1-5-13(7)11(19)12-8(10(17)18)3-4-9(15)16/h7-8,14H,1-6H2,(H,12,19)(H,15,16)(H,17,18)/t7?,8-/m0/s1. The van der Waals surface area contributed by atoms with Crippen molar-refractivity contribution in [3.8, 4) is 0 Å². The van der Waals surface area contributed by atoms with E-state index in [2.05, 4.69) is 5.32 Å². The normalized spacial score (nSPS) is 20.1. The molecule has 8 nitrogen and oxygen atoms in total. The number of hydrogen-bond donors (Lipinski definition) is 4. The third-order valence-corrected chi connectivity index (χ3v) is 3.09. The van der Waals surface area contributed by atoms with Gasteiger partial charge in [0.05, 0.1) is 12.6 Å². The predicted octanol–water partition coefficient (Wildman–Crippen LogP) is -0.529. The molecule has 0 radical (unpaired) electrons. The highest BCUT2D eigenvalue weighted by Gasteiger charge is 2.30. The lowest BCUT2D eigenvalue weighted by Gasteiger charge is -2.25. The number of aliphatic hydroxyl groups excluding tert-OH is 1. The van der Waals surface area contributed by atoms with E-state index in [4.69, 9.17) is 15.3 Å². The van der Waals surface area contributed by atoms with Gasteiger partial charge in [0.2, 0.25) is 0 Å². The maximum Gasteiger partial charge on any atom is 0.326 e. The third-order valence-electron chi connectivity index (χ3n) is 3.09. The maximum atomic E-state index is 11.9. The van der Waals surface area contributed by atoms with Crippen molar-refractivity contribution in [1.29, 1.82) is 0 Å². The largest absolute Gasteiger partial charge is 0.481 e. The summed E-state index contributed by atoms with van der Waals surface area (Å²) in [4.78, 5) is 34.6. The molecular weight excluding hydrogens is 256 g/mol. The van der Waals surface area contributed by atoms with Crippen molar-refractivity contribution in [1.82, 2.24) is 10.2 Å². The number of urea groups is 1. The second-order valence-corrected chi connectivity index (χ2v) is 4.44. The zero-order valence-corrected chi connectivity index (χ0v) is 10.4. The summed E-state index contributed by atoms with van der Waals surface area (Å²) in [5.41, 5.74) is 0. The Morgan fingerprint density at radius 2 is 2.00 bits per heavy atom. The lowest BCUT2D eigenvalue weighted by Crippen LogP contribution is -2.50. The summed E-state index contributed by atoms with van der Waals surface area (Å²) < 4.78 is 0. The molecule has 19 heavy (non-hydrogen) atoms. The van der Waals surface area contributed by atoms with E-state index in [1.807, 2.05) is 0 Å². The Morgan fingerprint density at radius 3 is 2.53 bits per heavy atom. The molecule has 4 N–H and O–H groups in total. The van der Waals surface area contributed by atoms with Crippen LogP contribution in [0.3, 0.4) is 0 Å². The number of carboxylic acid groups (broad SMARTS) is 2. The second-order valence-electron chi connectivity index (χ2n) is 4.44. The minimum atomic E-state index is -1.27. The van der Waals surface area contributed by atoms with Gasteiger partial charge in [0.25, 0.3) is 0 Å². The molecule has 0 aromatic rings. The van der Waals surface area contributed by atoms with Crippen LogP contribution in [0, 0.1) is 0 Å². The van der Waals surface area contributed by atoms with Crippen LogP contribution in [-0.2, 0) is 9.59 Å². The van der Waals surface area contributed by atoms with Gasteiger partial charge in [0.15, 0.2) is 0 Å². The highest BCUT2D eigenvalue weighted by Crippen LogP contribution is 2.16. The van der Waals surface area contributed by atoms with Crippen molar-refractivity contribution in [2.45, 2.75) is 37.8 Å². The Kier molecular flexibility index (Phi) is 5.56. The first-order chi connectivity index (χ1) is 8.95. The molecule has 1 unspecified atom stereocenters. The van der Waals surface area contributed by atoms with Crippen molar-refractivity contribution >= 4 is 18.0 Å². The summed E-state index contributed by atoms with van der Waals surface area (Å²) in [6.07, 6.45) is 0.928. The van der Waals surface area contributed by atoms with Crippen LogP contribution in [0.15, 0.2) is 0 Å². The Balaban J connectivity index is 2.55. The number of likely N-dealkylation sites (tertiary alicyclic amines) is 1. The van der Waals surface area contributed by atoms with Gasteiger partial charge in [-0.2, -0.15) is 0 Å². The number of carboxylic acids is 2. The highest BCUT2D eigenvalue weighted by molar-refractivity contribution is 5.83. The van der Waals surface area contributed by atoms with Gasteiger partial charge in [0, 0.05) is 13.0 Å². The molecule has 0 aliphatic carbocycles. The zero-order valence-electron chi connectivity index (χ0n) is 10.4. The molecule has 0 saturated carbocycles. The first-order valence-electron chi connectivity index (χ1n) is 6.08. The van der Waals surface area contributed by atoms with Gasteiger partial charge >= 0.3 is 18.0 Å². The summed E-state index contributed by atoms with van der Waals surface area (Å²) in [6, 6.07) is -2.10. The third kappa shape index (κ3) is 4.40. The number of amides is 2. The fourth-order valence-electron chi connectivity index (χ4n) is 2.05. The zero-order chi connectivity index (χ0) is 14.4. The number of aliphatic hydroxyl groups is 1. The second kappa shape index (κ2) is 6.93. The van der Waals surface area contributed by atoms with Crippen LogP contribution in [-0.4, -0.2) is 63.4 Å². The molecule has 1 saturated heterocycles. The van der Waals surface area contributed by atoms with Crippen LogP contribution in [0.2, 0.25) is 0 Å². The van der Waals surface area contributed by atoms with Gasteiger partial charge < -0.3 is 25.5 Å². The summed E-state index contributed by atoms with van der Waals surface area (Å²) in [5.74, 6) is -2.38. The molecule has 0 aromatic carbocycles. The first-order valence-corrected chi connectivity index (χ1v) is 6.08. The number of carbonyl (C=O) groups excluding carboxylic acids is 1. The van der Waals surface area contributed by atoms with E-state index >= 15 is 0 Å². The average Bonchev–Trinajstić information content (AvgIpc) is 2.81. The Morgan fingerprint density at radius 1 is 1.32 bits per heavy atom. The van der Waals surface area contributed by atoms with E-state index in [0.717, 1.165) is 6.42 Å². The van der Waals surface area contributed by atoms with Crippen molar-refractivity contribution in [2.24, 2.45) is 0 Å². The number of carbonyl (C=O) groups is 3. The molecule has 0 spiro atoms. The van der Waals surface area contributed by atoms with Crippen molar-refractivity contribution in [3.05, 3.63) is 0 Å². The Hall–Kier alpha value is -1.83. The smallest absolute Gasteiger partial charge is 0.326 e. The SMILES string of the molecule is O=C(O)CC[C@H](NC(=O)N1CCCC1CO)C(=O)O. The number of nitrogens with zero attached hydrogens (tertiary/aromatic N) is 1. The number of nitrogens with one attached hydrogen (secondary N) is 1. The van der Waals surface area contributed by atoms with E-state index in [9.17, 15) is 14.4 Å². The molecule has 8 heteroatoms. The lowest BCUT2D eigenvalue weighted by molar-refractivity contribution is -0.140. The maximum absolute atomic E-state index is 11.9. The van der Waals surface area contributed by atoms with E-state index in [1.54, 1.807) is 0 Å². The molecule has 1 heterocycles. The minimum Gasteiger partial charge on any atom is -0.481 e. The van der Waals surface area contributed by atoms with Crippen molar-refractivity contribution in [2.75, 3.05) is 13.2 Å². The molecule has 1 rings (SSSR count). The van der Waals surface area contributed by atoms with E-state index in [0.29, 0.717) is 13.0 Å². The molecule has 1 fully saturated rings. The molecule has 1 aliphatic rings. The van der Waals surface area contributed by atoms with Crippen LogP contribution in [0.25, 0.3) is 0 Å². The van der Waals surface area contributed by atoms with Gasteiger partial charge in [-0.3, -0.25) is 4.79 Å². The summed E-state index contributed by atoms with van der Waals surface area (Å²) >= 11 is 0. The number of rotatable bonds is 6. The molecule has 1 aliphatic heterocycles. The topological polar surface area (TPSA) is 127 Å². The fraction of sp³-hybridized carbons (Fsp3) is 0.727. The lowest BCUT2D eigenvalue weighted by atomic mass is 10.1. The monoisotopic (exact) mass is 274 g/mol. The van der Waals surface area contributed by atoms with E-state index in [1.165, 1.54) is 4.90 Å².